The van der Waals surface area contributed by atoms with E-state index < -0.39 is 14.9 Å². The minimum atomic E-state index is -4.16. The fraction of sp³-hybridized carbons (Fsp3) is 0.0526. The van der Waals surface area contributed by atoms with Crippen LogP contribution in [0.3, 0.4) is 0 Å². The summed E-state index contributed by atoms with van der Waals surface area (Å²) in [4.78, 5) is 14.0. The SMILES string of the molecule is COc1ccc(NS(=O)(=O)c2cc([N+](=O)[O-])ccc2NN=Cc2ccncc2)cc1. The van der Waals surface area contributed by atoms with Gasteiger partial charge in [-0.15, -0.1) is 0 Å². The lowest BCUT2D eigenvalue weighted by Gasteiger charge is -2.12. The number of nitro benzene ring substituents is 1. The molecule has 0 unspecified atom stereocenters. The number of nitro groups is 1. The Morgan fingerprint density at radius 3 is 2.43 bits per heavy atom. The standard InChI is InChI=1S/C19H17N5O5S/c1-29-17-5-2-15(3-6-17)23-30(27,28)19-12-16(24(25)26)4-7-18(19)22-21-13-14-8-10-20-11-9-14/h2-13,22-23H,1H3. The molecule has 154 valence electrons. The van der Waals surface area contributed by atoms with Crippen LogP contribution in [-0.4, -0.2) is 31.6 Å². The lowest BCUT2D eigenvalue weighted by atomic mass is 10.3. The van der Waals surface area contributed by atoms with Crippen molar-refractivity contribution in [3.8, 4) is 5.75 Å². The maximum Gasteiger partial charge on any atom is 0.270 e. The molecule has 10 nitrogen and oxygen atoms in total. The molecule has 0 amide bonds. The van der Waals surface area contributed by atoms with Crippen molar-refractivity contribution >= 4 is 33.3 Å². The topological polar surface area (TPSA) is 136 Å². The van der Waals surface area contributed by atoms with Crippen molar-refractivity contribution in [2.45, 2.75) is 4.90 Å². The zero-order chi connectivity index (χ0) is 21.6. The smallest absolute Gasteiger partial charge is 0.270 e. The normalized spacial score (nSPS) is 11.2. The maximum absolute atomic E-state index is 12.9. The Labute approximate surface area is 172 Å². The highest BCUT2D eigenvalue weighted by atomic mass is 32.2. The highest BCUT2D eigenvalue weighted by Gasteiger charge is 2.22. The third-order valence-corrected chi connectivity index (χ3v) is 5.33. The molecule has 3 aromatic rings. The number of hydrazone groups is 1. The number of sulfonamides is 1. The first kappa shape index (κ1) is 20.7. The van der Waals surface area contributed by atoms with Crippen LogP contribution in [0.25, 0.3) is 0 Å². The monoisotopic (exact) mass is 427 g/mol. The predicted octanol–water partition coefficient (Wildman–Crippen LogP) is 3.25. The minimum Gasteiger partial charge on any atom is -0.497 e. The van der Waals surface area contributed by atoms with Gasteiger partial charge < -0.3 is 4.74 Å². The molecule has 0 spiro atoms. The fourth-order valence-electron chi connectivity index (χ4n) is 2.43. The predicted molar refractivity (Wildman–Crippen MR) is 112 cm³/mol. The van der Waals surface area contributed by atoms with Gasteiger partial charge in [-0.2, -0.15) is 5.10 Å². The third kappa shape index (κ3) is 5.08. The molecule has 0 aliphatic rings. The second-order valence-corrected chi connectivity index (χ2v) is 7.57. The Balaban J connectivity index is 1.92. The molecule has 0 saturated carbocycles. The number of pyridine rings is 1. The molecule has 1 heterocycles. The number of hydrogen-bond donors (Lipinski definition) is 2. The number of benzene rings is 2. The van der Waals surface area contributed by atoms with Gasteiger partial charge in [0, 0.05) is 30.2 Å². The molecular formula is C19H17N5O5S. The molecule has 3 rings (SSSR count). The van der Waals surface area contributed by atoms with Crippen molar-refractivity contribution in [3.63, 3.8) is 0 Å². The number of nitrogens with zero attached hydrogens (tertiary/aromatic N) is 3. The number of methoxy groups -OCH3 is 1. The Hall–Kier alpha value is -3.99. The minimum absolute atomic E-state index is 0.0758. The largest absolute Gasteiger partial charge is 0.497 e. The van der Waals surface area contributed by atoms with Crippen LogP contribution in [0, 0.1) is 10.1 Å². The van der Waals surface area contributed by atoms with E-state index in [1.807, 2.05) is 0 Å². The fourth-order valence-corrected chi connectivity index (χ4v) is 3.67. The van der Waals surface area contributed by atoms with Crippen LogP contribution in [0.15, 0.2) is 77.0 Å². The van der Waals surface area contributed by atoms with Crippen LogP contribution in [0.4, 0.5) is 17.1 Å². The van der Waals surface area contributed by atoms with Crippen LogP contribution in [0.2, 0.25) is 0 Å². The zero-order valence-electron chi connectivity index (χ0n) is 15.7. The third-order valence-electron chi connectivity index (χ3n) is 3.91. The number of rotatable bonds is 8. The van der Waals surface area contributed by atoms with Crippen molar-refractivity contribution < 1.29 is 18.1 Å². The molecule has 11 heteroatoms. The van der Waals surface area contributed by atoms with Gasteiger partial charge in [0.25, 0.3) is 15.7 Å². The van der Waals surface area contributed by atoms with Gasteiger partial charge in [0.1, 0.15) is 10.6 Å². The highest BCUT2D eigenvalue weighted by Crippen LogP contribution is 2.28. The van der Waals surface area contributed by atoms with Gasteiger partial charge in [-0.05, 0) is 48.0 Å². The van der Waals surface area contributed by atoms with Crippen LogP contribution in [0.1, 0.15) is 5.56 Å². The Morgan fingerprint density at radius 1 is 1.10 bits per heavy atom. The first-order chi connectivity index (χ1) is 14.4. The summed E-state index contributed by atoms with van der Waals surface area (Å²) in [6.45, 7) is 0. The van der Waals surface area contributed by atoms with Gasteiger partial charge in [-0.3, -0.25) is 25.2 Å². The molecule has 0 radical (unpaired) electrons. The number of ether oxygens (including phenoxy) is 1. The number of non-ortho nitro benzene ring substituents is 1. The van der Waals surface area contributed by atoms with Crippen molar-refractivity contribution in [1.29, 1.82) is 0 Å². The first-order valence-corrected chi connectivity index (χ1v) is 10.0. The van der Waals surface area contributed by atoms with Crippen LogP contribution < -0.4 is 14.9 Å². The molecule has 0 bridgehead atoms. The quantitative estimate of drug-likeness (QED) is 0.320. The second-order valence-electron chi connectivity index (χ2n) is 5.92. The number of aromatic nitrogens is 1. The molecule has 2 N–H and O–H groups in total. The van der Waals surface area contributed by atoms with E-state index >= 15 is 0 Å². The summed E-state index contributed by atoms with van der Waals surface area (Å²) in [5.74, 6) is 0.557. The average Bonchev–Trinajstić information content (AvgIpc) is 2.75. The van der Waals surface area contributed by atoms with Gasteiger partial charge in [0.15, 0.2) is 0 Å². The van der Waals surface area contributed by atoms with E-state index in [0.29, 0.717) is 5.75 Å². The Kier molecular flexibility index (Phi) is 6.23. The van der Waals surface area contributed by atoms with Crippen LogP contribution in [0.5, 0.6) is 5.75 Å². The molecule has 2 aromatic carbocycles. The maximum atomic E-state index is 12.9. The molecular weight excluding hydrogens is 410 g/mol. The highest BCUT2D eigenvalue weighted by molar-refractivity contribution is 7.92. The molecule has 0 saturated heterocycles. The van der Waals surface area contributed by atoms with Crippen molar-refractivity contribution in [1.82, 2.24) is 4.98 Å². The van der Waals surface area contributed by atoms with E-state index in [-0.39, 0.29) is 22.0 Å². The van der Waals surface area contributed by atoms with E-state index in [1.165, 1.54) is 37.6 Å². The van der Waals surface area contributed by atoms with E-state index in [9.17, 15) is 18.5 Å². The molecule has 1 aromatic heterocycles. The zero-order valence-corrected chi connectivity index (χ0v) is 16.5. The average molecular weight is 427 g/mol. The van der Waals surface area contributed by atoms with Crippen LogP contribution >= 0.6 is 0 Å². The Morgan fingerprint density at radius 2 is 1.80 bits per heavy atom. The number of nitrogens with one attached hydrogen (secondary N) is 2. The summed E-state index contributed by atoms with van der Waals surface area (Å²) in [7, 11) is -2.66. The lowest BCUT2D eigenvalue weighted by Crippen LogP contribution is -2.15. The van der Waals surface area contributed by atoms with E-state index in [4.69, 9.17) is 4.74 Å². The number of hydrogen-bond acceptors (Lipinski definition) is 8. The summed E-state index contributed by atoms with van der Waals surface area (Å²) < 4.78 is 33.3. The Bertz CT molecular complexity index is 1170. The van der Waals surface area contributed by atoms with Gasteiger partial charge in [0.05, 0.1) is 23.9 Å². The lowest BCUT2D eigenvalue weighted by molar-refractivity contribution is -0.385. The first-order valence-electron chi connectivity index (χ1n) is 8.53. The van der Waals surface area contributed by atoms with Gasteiger partial charge >= 0.3 is 0 Å². The van der Waals surface area contributed by atoms with Gasteiger partial charge in [-0.25, -0.2) is 8.42 Å². The van der Waals surface area contributed by atoms with Crippen LogP contribution in [-0.2, 0) is 10.0 Å². The van der Waals surface area contributed by atoms with E-state index in [2.05, 4.69) is 20.2 Å². The van der Waals surface area contributed by atoms with Gasteiger partial charge in [-0.1, -0.05) is 0 Å². The molecule has 0 fully saturated rings. The van der Waals surface area contributed by atoms with Crippen molar-refractivity contribution in [2.75, 3.05) is 17.3 Å². The van der Waals surface area contributed by atoms with Crippen molar-refractivity contribution in [3.05, 3.63) is 82.7 Å². The molecule has 0 atom stereocenters. The summed E-state index contributed by atoms with van der Waals surface area (Å²) in [5, 5.41) is 15.1. The molecule has 30 heavy (non-hydrogen) atoms. The second kappa shape index (κ2) is 9.01. The number of anilines is 2. The summed E-state index contributed by atoms with van der Waals surface area (Å²) in [5.41, 5.74) is 3.34. The van der Waals surface area contributed by atoms with Gasteiger partial charge in [0.2, 0.25) is 0 Å². The van der Waals surface area contributed by atoms with E-state index in [0.717, 1.165) is 11.6 Å². The summed E-state index contributed by atoms with van der Waals surface area (Å²) >= 11 is 0. The molecule has 0 aliphatic heterocycles. The molecule has 0 aliphatic carbocycles. The van der Waals surface area contributed by atoms with Crippen molar-refractivity contribution in [2.24, 2.45) is 5.10 Å². The summed E-state index contributed by atoms with van der Waals surface area (Å²) in [6, 6.07) is 13.1. The van der Waals surface area contributed by atoms with E-state index in [1.54, 1.807) is 36.7 Å². The summed E-state index contributed by atoms with van der Waals surface area (Å²) in [6.07, 6.45) is 4.64.